The molecule has 5 heteroatoms. The van der Waals surface area contributed by atoms with Crippen molar-refractivity contribution < 1.29 is 14.3 Å². The highest BCUT2D eigenvalue weighted by Gasteiger charge is 2.44. The number of hydrogen-bond donors (Lipinski definition) is 2. The van der Waals surface area contributed by atoms with E-state index in [1.165, 1.54) is 0 Å². The maximum absolute atomic E-state index is 12.8. The standard InChI is InChI=1S/C16H24N2O3/c1-11(2)16(7-8-17-10-16)15(19)18-13-6-5-12(20-3)9-14(13)21-4/h5-6,9,11,17H,7-8,10H2,1-4H3,(H,18,19). The molecular formula is C16H24N2O3. The first kappa shape index (κ1) is 15.6. The second kappa shape index (κ2) is 6.35. The Balaban J connectivity index is 2.23. The number of ether oxygens (including phenoxy) is 2. The lowest BCUT2D eigenvalue weighted by molar-refractivity contribution is -0.126. The molecule has 0 aliphatic carbocycles. The molecule has 0 aromatic heterocycles. The van der Waals surface area contributed by atoms with Crippen LogP contribution in [0.3, 0.4) is 0 Å². The van der Waals surface area contributed by atoms with Crippen molar-refractivity contribution in [3.63, 3.8) is 0 Å². The summed E-state index contributed by atoms with van der Waals surface area (Å²) in [5.41, 5.74) is 0.320. The molecule has 0 radical (unpaired) electrons. The van der Waals surface area contributed by atoms with Crippen LogP contribution in [-0.2, 0) is 4.79 Å². The minimum Gasteiger partial charge on any atom is -0.497 e. The van der Waals surface area contributed by atoms with E-state index in [-0.39, 0.29) is 17.2 Å². The van der Waals surface area contributed by atoms with Crippen molar-refractivity contribution in [1.29, 1.82) is 0 Å². The molecule has 1 aliphatic rings. The fourth-order valence-electron chi connectivity index (χ4n) is 2.81. The molecule has 1 heterocycles. The van der Waals surface area contributed by atoms with Gasteiger partial charge < -0.3 is 20.1 Å². The molecule has 0 saturated carbocycles. The Morgan fingerprint density at radius 3 is 2.62 bits per heavy atom. The van der Waals surface area contributed by atoms with Crippen LogP contribution in [-0.4, -0.2) is 33.2 Å². The van der Waals surface area contributed by atoms with E-state index in [0.29, 0.717) is 17.2 Å². The number of amides is 1. The SMILES string of the molecule is COc1ccc(NC(=O)C2(C(C)C)CCNC2)c(OC)c1. The van der Waals surface area contributed by atoms with E-state index in [4.69, 9.17) is 9.47 Å². The van der Waals surface area contributed by atoms with Gasteiger partial charge in [-0.3, -0.25) is 4.79 Å². The van der Waals surface area contributed by atoms with E-state index >= 15 is 0 Å². The van der Waals surface area contributed by atoms with Crippen molar-refractivity contribution in [2.24, 2.45) is 11.3 Å². The average molecular weight is 292 g/mol. The molecule has 1 amide bonds. The van der Waals surface area contributed by atoms with Crippen LogP contribution in [0, 0.1) is 11.3 Å². The summed E-state index contributed by atoms with van der Waals surface area (Å²) in [7, 11) is 3.19. The van der Waals surface area contributed by atoms with Crippen molar-refractivity contribution in [3.8, 4) is 11.5 Å². The van der Waals surface area contributed by atoms with Crippen LogP contribution < -0.4 is 20.1 Å². The summed E-state index contributed by atoms with van der Waals surface area (Å²) in [5.74, 6) is 1.63. The van der Waals surface area contributed by atoms with Gasteiger partial charge in [-0.05, 0) is 31.0 Å². The molecule has 1 aromatic carbocycles. The van der Waals surface area contributed by atoms with Crippen molar-refractivity contribution in [3.05, 3.63) is 18.2 Å². The van der Waals surface area contributed by atoms with Crippen LogP contribution in [0.15, 0.2) is 18.2 Å². The van der Waals surface area contributed by atoms with E-state index in [1.54, 1.807) is 20.3 Å². The lowest BCUT2D eigenvalue weighted by Gasteiger charge is -2.31. The van der Waals surface area contributed by atoms with Gasteiger partial charge in [-0.2, -0.15) is 0 Å². The number of carbonyl (C=O) groups excluding carboxylic acids is 1. The topological polar surface area (TPSA) is 59.6 Å². The second-order valence-corrected chi connectivity index (χ2v) is 5.76. The van der Waals surface area contributed by atoms with Gasteiger partial charge in [-0.25, -0.2) is 0 Å². The normalized spacial score (nSPS) is 21.4. The summed E-state index contributed by atoms with van der Waals surface area (Å²) in [6, 6.07) is 5.39. The van der Waals surface area contributed by atoms with Crippen LogP contribution >= 0.6 is 0 Å². The maximum Gasteiger partial charge on any atom is 0.232 e. The molecule has 0 bridgehead atoms. The number of hydrogen-bond acceptors (Lipinski definition) is 4. The summed E-state index contributed by atoms with van der Waals surface area (Å²) < 4.78 is 10.5. The minimum atomic E-state index is -0.356. The zero-order valence-electron chi connectivity index (χ0n) is 13.2. The largest absolute Gasteiger partial charge is 0.497 e. The number of carbonyl (C=O) groups is 1. The Kier molecular flexibility index (Phi) is 4.73. The van der Waals surface area contributed by atoms with E-state index in [9.17, 15) is 4.79 Å². The number of anilines is 1. The second-order valence-electron chi connectivity index (χ2n) is 5.76. The molecule has 2 rings (SSSR count). The van der Waals surface area contributed by atoms with Crippen LogP contribution in [0.2, 0.25) is 0 Å². The Hall–Kier alpha value is -1.75. The molecule has 1 aromatic rings. The Labute approximate surface area is 126 Å². The third kappa shape index (κ3) is 2.97. The van der Waals surface area contributed by atoms with Gasteiger partial charge in [0.15, 0.2) is 0 Å². The van der Waals surface area contributed by atoms with Gasteiger partial charge in [0, 0.05) is 12.6 Å². The highest BCUT2D eigenvalue weighted by molar-refractivity contribution is 5.97. The van der Waals surface area contributed by atoms with Gasteiger partial charge in [0.25, 0.3) is 0 Å². The zero-order valence-corrected chi connectivity index (χ0v) is 13.2. The molecule has 21 heavy (non-hydrogen) atoms. The molecular weight excluding hydrogens is 268 g/mol. The predicted octanol–water partition coefficient (Wildman–Crippen LogP) is 2.28. The fraction of sp³-hybridized carbons (Fsp3) is 0.562. The van der Waals surface area contributed by atoms with Gasteiger partial charge >= 0.3 is 0 Å². The van der Waals surface area contributed by atoms with Gasteiger partial charge in [-0.1, -0.05) is 13.8 Å². The third-order valence-electron chi connectivity index (χ3n) is 4.40. The molecule has 2 N–H and O–H groups in total. The Bertz CT molecular complexity index is 508. The van der Waals surface area contributed by atoms with Crippen molar-refractivity contribution in [2.45, 2.75) is 20.3 Å². The first-order valence-electron chi connectivity index (χ1n) is 7.27. The number of rotatable bonds is 5. The van der Waals surface area contributed by atoms with Gasteiger partial charge in [0.05, 0.1) is 25.3 Å². The summed E-state index contributed by atoms with van der Waals surface area (Å²) in [6.45, 7) is 5.79. The first-order valence-corrected chi connectivity index (χ1v) is 7.27. The van der Waals surface area contributed by atoms with Crippen LogP contribution in [0.1, 0.15) is 20.3 Å². The van der Waals surface area contributed by atoms with Gasteiger partial charge in [-0.15, -0.1) is 0 Å². The van der Waals surface area contributed by atoms with Crippen molar-refractivity contribution in [2.75, 3.05) is 32.6 Å². The van der Waals surface area contributed by atoms with Crippen LogP contribution in [0.5, 0.6) is 11.5 Å². The molecule has 5 nitrogen and oxygen atoms in total. The molecule has 1 fully saturated rings. The highest BCUT2D eigenvalue weighted by atomic mass is 16.5. The first-order chi connectivity index (χ1) is 10.0. The van der Waals surface area contributed by atoms with E-state index in [1.807, 2.05) is 12.1 Å². The lowest BCUT2D eigenvalue weighted by Crippen LogP contribution is -2.42. The monoisotopic (exact) mass is 292 g/mol. The van der Waals surface area contributed by atoms with Crippen molar-refractivity contribution >= 4 is 11.6 Å². The Morgan fingerprint density at radius 2 is 2.10 bits per heavy atom. The van der Waals surface area contributed by atoms with Gasteiger partial charge in [0.1, 0.15) is 11.5 Å². The lowest BCUT2D eigenvalue weighted by atomic mass is 9.75. The summed E-state index contributed by atoms with van der Waals surface area (Å²) in [4.78, 5) is 12.8. The Morgan fingerprint density at radius 1 is 1.33 bits per heavy atom. The molecule has 1 unspecified atom stereocenters. The summed E-state index contributed by atoms with van der Waals surface area (Å²) in [6.07, 6.45) is 0.856. The van der Waals surface area contributed by atoms with E-state index in [0.717, 1.165) is 19.5 Å². The van der Waals surface area contributed by atoms with Crippen LogP contribution in [0.25, 0.3) is 0 Å². The molecule has 0 spiro atoms. The predicted molar refractivity (Wildman–Crippen MR) is 82.9 cm³/mol. The number of methoxy groups -OCH3 is 2. The minimum absolute atomic E-state index is 0.0472. The molecule has 1 saturated heterocycles. The number of benzene rings is 1. The van der Waals surface area contributed by atoms with E-state index in [2.05, 4.69) is 24.5 Å². The van der Waals surface area contributed by atoms with Crippen LogP contribution in [0.4, 0.5) is 5.69 Å². The molecule has 1 atom stereocenters. The smallest absolute Gasteiger partial charge is 0.232 e. The quantitative estimate of drug-likeness (QED) is 0.874. The maximum atomic E-state index is 12.8. The number of nitrogens with one attached hydrogen (secondary N) is 2. The zero-order chi connectivity index (χ0) is 15.5. The third-order valence-corrected chi connectivity index (χ3v) is 4.40. The van der Waals surface area contributed by atoms with E-state index < -0.39 is 0 Å². The van der Waals surface area contributed by atoms with Gasteiger partial charge in [0.2, 0.25) is 5.91 Å². The molecule has 1 aliphatic heterocycles. The van der Waals surface area contributed by atoms with Crippen molar-refractivity contribution in [1.82, 2.24) is 5.32 Å². The summed E-state index contributed by atoms with van der Waals surface area (Å²) >= 11 is 0. The average Bonchev–Trinajstić information content (AvgIpc) is 2.98. The molecule has 116 valence electrons. The highest BCUT2D eigenvalue weighted by Crippen LogP contribution is 2.37. The summed E-state index contributed by atoms with van der Waals surface area (Å²) in [5, 5.41) is 6.31. The fourth-order valence-corrected chi connectivity index (χ4v) is 2.81.